The predicted octanol–water partition coefficient (Wildman–Crippen LogP) is 3.43. The van der Waals surface area contributed by atoms with Crippen LogP contribution in [0.5, 0.6) is 5.75 Å². The van der Waals surface area contributed by atoms with E-state index in [-0.39, 0.29) is 10.9 Å². The van der Waals surface area contributed by atoms with Crippen molar-refractivity contribution in [2.45, 2.75) is 6.18 Å². The van der Waals surface area contributed by atoms with Gasteiger partial charge in [0.15, 0.2) is 5.11 Å². The molecular weight excluding hydrogens is 315 g/mol. The highest BCUT2D eigenvalue weighted by Crippen LogP contribution is 2.38. The molecule has 1 heterocycles. The quantitative estimate of drug-likeness (QED) is 0.846. The number of hydrogen-bond acceptors (Lipinski definition) is 3. The average Bonchev–Trinajstić information content (AvgIpc) is 2.45. The van der Waals surface area contributed by atoms with Crippen molar-refractivity contribution in [2.75, 3.05) is 12.4 Å². The largest absolute Gasteiger partial charge is 0.496 e. The van der Waals surface area contributed by atoms with Gasteiger partial charge >= 0.3 is 6.18 Å². The van der Waals surface area contributed by atoms with Gasteiger partial charge < -0.3 is 15.8 Å². The average molecular weight is 327 g/mol. The standard InChI is InChI=1S/C14H12F3N3OS/c1-21-11-3-2-8(6-10(11)14(15,16)17)9-4-5-19-12(7-9)20-13(18)22/h2-7H,1H3,(H3,18,19,20,22). The number of benzene rings is 1. The van der Waals surface area contributed by atoms with Crippen molar-refractivity contribution in [3.05, 3.63) is 42.1 Å². The molecular formula is C14H12F3N3OS. The summed E-state index contributed by atoms with van der Waals surface area (Å²) in [5.74, 6) is 0.126. The molecule has 8 heteroatoms. The highest BCUT2D eigenvalue weighted by atomic mass is 32.1. The molecule has 116 valence electrons. The Labute approximate surface area is 130 Å². The second-order valence-electron chi connectivity index (χ2n) is 4.33. The van der Waals surface area contributed by atoms with E-state index < -0.39 is 11.7 Å². The molecule has 3 N–H and O–H groups in total. The lowest BCUT2D eigenvalue weighted by Gasteiger charge is -2.14. The first-order chi connectivity index (χ1) is 10.3. The molecule has 4 nitrogen and oxygen atoms in total. The first-order valence-corrected chi connectivity index (χ1v) is 6.50. The van der Waals surface area contributed by atoms with Crippen molar-refractivity contribution in [3.63, 3.8) is 0 Å². The highest BCUT2D eigenvalue weighted by molar-refractivity contribution is 7.80. The predicted molar refractivity (Wildman–Crippen MR) is 81.6 cm³/mol. The van der Waals surface area contributed by atoms with Gasteiger partial charge in [-0.2, -0.15) is 13.2 Å². The van der Waals surface area contributed by atoms with Gasteiger partial charge in [-0.05, 0) is 47.6 Å². The molecule has 0 spiro atoms. The van der Waals surface area contributed by atoms with Gasteiger partial charge in [-0.3, -0.25) is 0 Å². The fourth-order valence-corrected chi connectivity index (χ4v) is 2.02. The van der Waals surface area contributed by atoms with Crippen LogP contribution < -0.4 is 15.8 Å². The zero-order chi connectivity index (χ0) is 16.3. The van der Waals surface area contributed by atoms with E-state index in [1.807, 2.05) is 0 Å². The molecule has 0 saturated heterocycles. The lowest BCUT2D eigenvalue weighted by molar-refractivity contribution is -0.138. The smallest absolute Gasteiger partial charge is 0.419 e. The second kappa shape index (κ2) is 6.18. The molecule has 1 aromatic heterocycles. The van der Waals surface area contributed by atoms with Crippen LogP contribution >= 0.6 is 12.2 Å². The Morgan fingerprint density at radius 2 is 1.91 bits per heavy atom. The number of nitrogens with zero attached hydrogens (tertiary/aromatic N) is 1. The van der Waals surface area contributed by atoms with Crippen LogP contribution in [0.3, 0.4) is 0 Å². The molecule has 2 rings (SSSR count). The molecule has 0 atom stereocenters. The first kappa shape index (κ1) is 16.0. The summed E-state index contributed by atoms with van der Waals surface area (Å²) in [6.45, 7) is 0. The topological polar surface area (TPSA) is 60.2 Å². The van der Waals surface area contributed by atoms with Gasteiger partial charge in [-0.1, -0.05) is 6.07 Å². The molecule has 0 unspecified atom stereocenters. The maximum absolute atomic E-state index is 13.0. The van der Waals surface area contributed by atoms with E-state index in [0.29, 0.717) is 16.9 Å². The molecule has 22 heavy (non-hydrogen) atoms. The number of nitrogens with two attached hydrogens (primary N) is 1. The number of halogens is 3. The van der Waals surface area contributed by atoms with Gasteiger partial charge in [0, 0.05) is 6.20 Å². The van der Waals surface area contributed by atoms with Gasteiger partial charge in [0.25, 0.3) is 0 Å². The van der Waals surface area contributed by atoms with Crippen LogP contribution in [0.2, 0.25) is 0 Å². The summed E-state index contributed by atoms with van der Waals surface area (Å²) in [4.78, 5) is 3.98. The Kier molecular flexibility index (Phi) is 4.51. The van der Waals surface area contributed by atoms with Crippen molar-refractivity contribution >= 4 is 23.1 Å². The van der Waals surface area contributed by atoms with E-state index in [1.165, 1.54) is 25.4 Å². The van der Waals surface area contributed by atoms with Gasteiger partial charge in [-0.25, -0.2) is 4.98 Å². The minimum Gasteiger partial charge on any atom is -0.496 e. The molecule has 0 fully saturated rings. The Morgan fingerprint density at radius 1 is 1.23 bits per heavy atom. The maximum atomic E-state index is 13.0. The zero-order valence-electron chi connectivity index (χ0n) is 11.4. The molecule has 0 aliphatic rings. The minimum atomic E-state index is -4.51. The Hall–Kier alpha value is -2.35. The number of ether oxygens (including phenoxy) is 1. The third-order valence-corrected chi connectivity index (χ3v) is 2.95. The summed E-state index contributed by atoms with van der Waals surface area (Å²) < 4.78 is 43.9. The van der Waals surface area contributed by atoms with Gasteiger partial charge in [0.1, 0.15) is 11.6 Å². The zero-order valence-corrected chi connectivity index (χ0v) is 12.3. The number of nitrogens with one attached hydrogen (secondary N) is 1. The molecule has 2 aromatic rings. The van der Waals surface area contributed by atoms with Gasteiger partial charge in [-0.15, -0.1) is 0 Å². The van der Waals surface area contributed by atoms with Crippen molar-refractivity contribution in [1.29, 1.82) is 0 Å². The van der Waals surface area contributed by atoms with Crippen LogP contribution in [0.15, 0.2) is 36.5 Å². The maximum Gasteiger partial charge on any atom is 0.419 e. The lowest BCUT2D eigenvalue weighted by atomic mass is 10.0. The molecule has 0 aliphatic carbocycles. The van der Waals surface area contributed by atoms with E-state index in [0.717, 1.165) is 6.07 Å². The fourth-order valence-electron chi connectivity index (χ4n) is 1.91. The number of pyridine rings is 1. The van der Waals surface area contributed by atoms with E-state index in [4.69, 9.17) is 22.7 Å². The summed E-state index contributed by atoms with van der Waals surface area (Å²) in [6, 6.07) is 6.99. The Balaban J connectivity index is 2.47. The SMILES string of the molecule is COc1ccc(-c2ccnc(NC(N)=S)c2)cc1C(F)(F)F. The summed E-state index contributed by atoms with van der Waals surface area (Å²) in [5.41, 5.74) is 5.43. The number of anilines is 1. The molecule has 0 amide bonds. The molecule has 0 aliphatic heterocycles. The monoisotopic (exact) mass is 327 g/mol. The van der Waals surface area contributed by atoms with Gasteiger partial charge in [0.2, 0.25) is 0 Å². The van der Waals surface area contributed by atoms with Crippen molar-refractivity contribution in [2.24, 2.45) is 5.73 Å². The van der Waals surface area contributed by atoms with E-state index >= 15 is 0 Å². The minimum absolute atomic E-state index is 0.0235. The summed E-state index contributed by atoms with van der Waals surface area (Å²) in [7, 11) is 1.20. The second-order valence-corrected chi connectivity index (χ2v) is 4.77. The number of aromatic nitrogens is 1. The number of rotatable bonds is 3. The van der Waals surface area contributed by atoms with E-state index in [1.54, 1.807) is 12.1 Å². The van der Waals surface area contributed by atoms with E-state index in [2.05, 4.69) is 10.3 Å². The third kappa shape index (κ3) is 3.64. The van der Waals surface area contributed by atoms with Crippen LogP contribution in [-0.4, -0.2) is 17.2 Å². The Bertz CT molecular complexity index is 704. The number of methoxy groups -OCH3 is 1. The molecule has 0 radical (unpaired) electrons. The first-order valence-electron chi connectivity index (χ1n) is 6.09. The normalized spacial score (nSPS) is 11.1. The Morgan fingerprint density at radius 3 is 2.50 bits per heavy atom. The number of thiocarbonyl (C=S) groups is 1. The summed E-state index contributed by atoms with van der Waals surface area (Å²) in [6.07, 6.45) is -3.05. The van der Waals surface area contributed by atoms with Crippen molar-refractivity contribution in [1.82, 2.24) is 4.98 Å². The van der Waals surface area contributed by atoms with Crippen LogP contribution in [0.25, 0.3) is 11.1 Å². The van der Waals surface area contributed by atoms with E-state index in [9.17, 15) is 13.2 Å². The van der Waals surface area contributed by atoms with Gasteiger partial charge in [0.05, 0.1) is 12.7 Å². The van der Waals surface area contributed by atoms with Crippen LogP contribution in [0.4, 0.5) is 19.0 Å². The van der Waals surface area contributed by atoms with Crippen molar-refractivity contribution in [3.8, 4) is 16.9 Å². The number of alkyl halides is 3. The van der Waals surface area contributed by atoms with Crippen LogP contribution in [0, 0.1) is 0 Å². The highest BCUT2D eigenvalue weighted by Gasteiger charge is 2.34. The van der Waals surface area contributed by atoms with Crippen LogP contribution in [0.1, 0.15) is 5.56 Å². The fraction of sp³-hybridized carbons (Fsp3) is 0.143. The van der Waals surface area contributed by atoms with Crippen LogP contribution in [-0.2, 0) is 6.18 Å². The molecule has 1 aromatic carbocycles. The summed E-state index contributed by atoms with van der Waals surface area (Å²) in [5, 5.41) is 2.66. The molecule has 0 saturated carbocycles. The summed E-state index contributed by atoms with van der Waals surface area (Å²) >= 11 is 4.70. The lowest BCUT2D eigenvalue weighted by Crippen LogP contribution is -2.19. The molecule has 0 bridgehead atoms. The van der Waals surface area contributed by atoms with Crippen molar-refractivity contribution < 1.29 is 17.9 Å². The third-order valence-electron chi connectivity index (χ3n) is 2.85. The number of hydrogen-bond donors (Lipinski definition) is 2.